The van der Waals surface area contributed by atoms with Crippen molar-refractivity contribution in [3.05, 3.63) is 59.7 Å². The molecule has 0 aliphatic carbocycles. The quantitative estimate of drug-likeness (QED) is 0.609. The van der Waals surface area contributed by atoms with Crippen molar-refractivity contribution in [1.82, 2.24) is 14.1 Å². The minimum atomic E-state index is -3.60. The highest BCUT2D eigenvalue weighted by Crippen LogP contribution is 2.19. The van der Waals surface area contributed by atoms with Crippen LogP contribution in [0.5, 0.6) is 5.75 Å². The van der Waals surface area contributed by atoms with Gasteiger partial charge in [-0.15, -0.1) is 0 Å². The van der Waals surface area contributed by atoms with Crippen LogP contribution in [0, 0.1) is 0 Å². The maximum absolute atomic E-state index is 12.9. The lowest BCUT2D eigenvalue weighted by Gasteiger charge is -2.35. The summed E-state index contributed by atoms with van der Waals surface area (Å²) >= 11 is 0. The number of amides is 2. The van der Waals surface area contributed by atoms with E-state index in [0.717, 1.165) is 5.56 Å². The van der Waals surface area contributed by atoms with Crippen LogP contribution in [0.1, 0.15) is 15.9 Å². The molecule has 34 heavy (non-hydrogen) atoms. The van der Waals surface area contributed by atoms with Gasteiger partial charge in [-0.25, -0.2) is 8.42 Å². The van der Waals surface area contributed by atoms with Gasteiger partial charge in [-0.1, -0.05) is 12.1 Å². The summed E-state index contributed by atoms with van der Waals surface area (Å²) in [4.78, 5) is 29.2. The number of hydrogen-bond acceptors (Lipinski definition) is 6. The maximum atomic E-state index is 12.9. The van der Waals surface area contributed by atoms with Crippen molar-refractivity contribution in [1.29, 1.82) is 0 Å². The number of piperazine rings is 1. The van der Waals surface area contributed by atoms with Gasteiger partial charge in [-0.2, -0.15) is 4.31 Å². The molecule has 0 aromatic heterocycles. The molecule has 2 heterocycles. The van der Waals surface area contributed by atoms with Gasteiger partial charge in [0, 0.05) is 44.8 Å². The van der Waals surface area contributed by atoms with Crippen LogP contribution in [0.4, 0.5) is 0 Å². The lowest BCUT2D eigenvalue weighted by atomic mass is 10.1. The number of carbonyl (C=O) groups is 2. The molecule has 0 N–H and O–H groups in total. The fraction of sp³-hybridized carbons (Fsp3) is 0.417. The molecule has 10 heteroatoms. The number of methoxy groups -OCH3 is 1. The van der Waals surface area contributed by atoms with Crippen molar-refractivity contribution < 1.29 is 27.5 Å². The molecule has 2 fully saturated rings. The molecule has 0 saturated carbocycles. The van der Waals surface area contributed by atoms with Crippen molar-refractivity contribution in [3.63, 3.8) is 0 Å². The largest absolute Gasteiger partial charge is 0.497 e. The monoisotopic (exact) mass is 487 g/mol. The van der Waals surface area contributed by atoms with Crippen molar-refractivity contribution in [2.75, 3.05) is 59.6 Å². The van der Waals surface area contributed by atoms with Crippen molar-refractivity contribution in [2.45, 2.75) is 11.3 Å². The van der Waals surface area contributed by atoms with Crippen LogP contribution in [-0.4, -0.2) is 93.9 Å². The molecule has 4 rings (SSSR count). The van der Waals surface area contributed by atoms with E-state index in [0.29, 0.717) is 63.8 Å². The molecule has 2 aromatic carbocycles. The molecule has 0 bridgehead atoms. The van der Waals surface area contributed by atoms with Gasteiger partial charge in [0.15, 0.2) is 0 Å². The molecular weight excluding hydrogens is 458 g/mol. The van der Waals surface area contributed by atoms with E-state index < -0.39 is 10.0 Å². The highest BCUT2D eigenvalue weighted by atomic mass is 32.2. The molecular formula is C24H29N3O6S. The van der Waals surface area contributed by atoms with E-state index >= 15 is 0 Å². The van der Waals surface area contributed by atoms with E-state index in [4.69, 9.17) is 9.47 Å². The summed E-state index contributed by atoms with van der Waals surface area (Å²) in [6, 6.07) is 13.5. The summed E-state index contributed by atoms with van der Waals surface area (Å²) in [5.41, 5.74) is 1.31. The third-order valence-corrected chi connectivity index (χ3v) is 8.03. The van der Waals surface area contributed by atoms with Crippen LogP contribution in [0.25, 0.3) is 0 Å². The van der Waals surface area contributed by atoms with Crippen LogP contribution < -0.4 is 4.74 Å². The average molecular weight is 488 g/mol. The fourth-order valence-corrected chi connectivity index (χ4v) is 5.52. The molecule has 0 atom stereocenters. The molecule has 2 amide bonds. The van der Waals surface area contributed by atoms with E-state index in [1.165, 1.54) is 16.4 Å². The zero-order valence-corrected chi connectivity index (χ0v) is 20.0. The summed E-state index contributed by atoms with van der Waals surface area (Å²) < 4.78 is 37.4. The first-order valence-corrected chi connectivity index (χ1v) is 12.7. The third kappa shape index (κ3) is 5.40. The molecule has 2 aromatic rings. The Kier molecular flexibility index (Phi) is 7.50. The minimum Gasteiger partial charge on any atom is -0.497 e. The third-order valence-electron chi connectivity index (χ3n) is 6.12. The summed E-state index contributed by atoms with van der Waals surface area (Å²) in [6.07, 6.45) is 0.282. The zero-order chi connectivity index (χ0) is 24.1. The molecule has 2 saturated heterocycles. The second-order valence-corrected chi connectivity index (χ2v) is 10.2. The minimum absolute atomic E-state index is 0.0121. The number of carbonyl (C=O) groups excluding carboxylic acids is 2. The van der Waals surface area contributed by atoms with E-state index in [1.54, 1.807) is 29.0 Å². The Morgan fingerprint density at radius 1 is 0.912 bits per heavy atom. The first-order chi connectivity index (χ1) is 16.4. The Morgan fingerprint density at radius 2 is 1.56 bits per heavy atom. The second-order valence-electron chi connectivity index (χ2n) is 8.24. The Labute approximate surface area is 199 Å². The van der Waals surface area contributed by atoms with Crippen LogP contribution in [-0.2, 0) is 26.0 Å². The normalized spacial score (nSPS) is 17.4. The van der Waals surface area contributed by atoms with E-state index in [-0.39, 0.29) is 23.1 Å². The van der Waals surface area contributed by atoms with E-state index in [9.17, 15) is 18.0 Å². The Morgan fingerprint density at radius 3 is 2.21 bits per heavy atom. The van der Waals surface area contributed by atoms with Crippen LogP contribution >= 0.6 is 0 Å². The van der Waals surface area contributed by atoms with Gasteiger partial charge < -0.3 is 19.3 Å². The van der Waals surface area contributed by atoms with Gasteiger partial charge in [0.25, 0.3) is 5.91 Å². The molecule has 0 radical (unpaired) electrons. The molecule has 2 aliphatic rings. The number of morpholine rings is 1. The number of rotatable bonds is 6. The smallest absolute Gasteiger partial charge is 0.253 e. The Bertz CT molecular complexity index is 1120. The number of benzene rings is 2. The zero-order valence-electron chi connectivity index (χ0n) is 19.2. The second kappa shape index (κ2) is 10.5. The summed E-state index contributed by atoms with van der Waals surface area (Å²) in [5.74, 6) is 0.553. The molecule has 182 valence electrons. The first-order valence-electron chi connectivity index (χ1n) is 11.3. The predicted octanol–water partition coefficient (Wildman–Crippen LogP) is 1.24. The van der Waals surface area contributed by atoms with Crippen molar-refractivity contribution in [3.8, 4) is 5.75 Å². The van der Waals surface area contributed by atoms with Crippen LogP contribution in [0.3, 0.4) is 0 Å². The lowest BCUT2D eigenvalue weighted by Crippen LogP contribution is -2.51. The number of ether oxygens (including phenoxy) is 2. The Hall–Kier alpha value is -2.95. The summed E-state index contributed by atoms with van der Waals surface area (Å²) in [5, 5.41) is 0. The fourth-order valence-electron chi connectivity index (χ4n) is 4.12. The average Bonchev–Trinajstić information content (AvgIpc) is 2.89. The predicted molar refractivity (Wildman–Crippen MR) is 125 cm³/mol. The Balaban J connectivity index is 1.32. The van der Waals surface area contributed by atoms with Gasteiger partial charge in [0.1, 0.15) is 5.75 Å². The first kappa shape index (κ1) is 24.2. The highest BCUT2D eigenvalue weighted by Gasteiger charge is 2.28. The molecule has 0 spiro atoms. The van der Waals surface area contributed by atoms with E-state index in [1.807, 2.05) is 24.3 Å². The van der Waals surface area contributed by atoms with E-state index in [2.05, 4.69) is 0 Å². The van der Waals surface area contributed by atoms with Crippen molar-refractivity contribution in [2.24, 2.45) is 0 Å². The topological polar surface area (TPSA) is 96.5 Å². The molecule has 2 aliphatic heterocycles. The highest BCUT2D eigenvalue weighted by molar-refractivity contribution is 7.89. The summed E-state index contributed by atoms with van der Waals surface area (Å²) in [6.45, 7) is 3.17. The summed E-state index contributed by atoms with van der Waals surface area (Å²) in [7, 11) is -2.01. The SMILES string of the molecule is COc1cccc(CC(=O)N2CCN(C(=O)c3ccc(S(=O)(=O)N4CCOCC4)cc3)CC2)c1. The van der Waals surface area contributed by atoms with Crippen LogP contribution in [0.2, 0.25) is 0 Å². The lowest BCUT2D eigenvalue weighted by molar-refractivity contribution is -0.131. The standard InChI is InChI=1S/C24H29N3O6S/c1-32-21-4-2-3-19(17-21)18-23(28)25-9-11-26(12-10-25)24(29)20-5-7-22(8-6-20)34(30,31)27-13-15-33-16-14-27/h2-8,17H,9-16,18H2,1H3. The maximum Gasteiger partial charge on any atom is 0.253 e. The van der Waals surface area contributed by atoms with Gasteiger partial charge in [0.2, 0.25) is 15.9 Å². The molecule has 0 unspecified atom stereocenters. The number of sulfonamides is 1. The van der Waals surface area contributed by atoms with Gasteiger partial charge in [-0.05, 0) is 42.0 Å². The van der Waals surface area contributed by atoms with Gasteiger partial charge in [-0.3, -0.25) is 9.59 Å². The number of nitrogens with zero attached hydrogens (tertiary/aromatic N) is 3. The van der Waals surface area contributed by atoms with Gasteiger partial charge in [0.05, 0.1) is 31.6 Å². The number of hydrogen-bond donors (Lipinski definition) is 0. The molecule has 9 nitrogen and oxygen atoms in total. The van der Waals surface area contributed by atoms with Crippen molar-refractivity contribution >= 4 is 21.8 Å². The van der Waals surface area contributed by atoms with Gasteiger partial charge >= 0.3 is 0 Å². The van der Waals surface area contributed by atoms with Crippen LogP contribution in [0.15, 0.2) is 53.4 Å².